The maximum atomic E-state index is 12.7. The molecule has 0 atom stereocenters. The SMILES string of the molecule is Cc1noc(C2CCN(C(=O)NCC(C)(C)N3CCc4ccccc4C3)CC2)n1. The van der Waals surface area contributed by atoms with Gasteiger partial charge in [0.1, 0.15) is 0 Å². The van der Waals surface area contributed by atoms with Crippen molar-refractivity contribution in [2.45, 2.75) is 58.0 Å². The largest absolute Gasteiger partial charge is 0.339 e. The van der Waals surface area contributed by atoms with Crippen molar-refractivity contribution < 1.29 is 9.32 Å². The summed E-state index contributed by atoms with van der Waals surface area (Å²) < 4.78 is 5.30. The zero-order valence-corrected chi connectivity index (χ0v) is 17.6. The van der Waals surface area contributed by atoms with E-state index >= 15 is 0 Å². The lowest BCUT2D eigenvalue weighted by Gasteiger charge is -2.42. The van der Waals surface area contributed by atoms with Crippen molar-refractivity contribution in [1.29, 1.82) is 0 Å². The van der Waals surface area contributed by atoms with E-state index in [2.05, 4.69) is 58.5 Å². The van der Waals surface area contributed by atoms with E-state index in [-0.39, 0.29) is 17.5 Å². The Bertz CT molecular complexity index is 854. The molecular formula is C22H31N5O2. The van der Waals surface area contributed by atoms with E-state index in [9.17, 15) is 4.79 Å². The number of hydrogen-bond donors (Lipinski definition) is 1. The molecule has 1 N–H and O–H groups in total. The molecule has 0 aliphatic carbocycles. The van der Waals surface area contributed by atoms with Gasteiger partial charge in [0.25, 0.3) is 0 Å². The highest BCUT2D eigenvalue weighted by Crippen LogP contribution is 2.27. The lowest BCUT2D eigenvalue weighted by atomic mass is 9.94. The average Bonchev–Trinajstić information content (AvgIpc) is 3.18. The van der Waals surface area contributed by atoms with Gasteiger partial charge in [0.15, 0.2) is 5.82 Å². The maximum Gasteiger partial charge on any atom is 0.317 e. The van der Waals surface area contributed by atoms with Crippen LogP contribution in [0.4, 0.5) is 4.79 Å². The summed E-state index contributed by atoms with van der Waals surface area (Å²) in [6.45, 7) is 10.3. The Labute approximate surface area is 172 Å². The Kier molecular flexibility index (Phi) is 5.58. The number of amides is 2. The number of aromatic nitrogens is 2. The Balaban J connectivity index is 1.27. The molecule has 2 aliphatic rings. The van der Waals surface area contributed by atoms with Gasteiger partial charge in [0.2, 0.25) is 5.89 Å². The summed E-state index contributed by atoms with van der Waals surface area (Å²) in [7, 11) is 0. The molecule has 0 radical (unpaired) electrons. The summed E-state index contributed by atoms with van der Waals surface area (Å²) >= 11 is 0. The molecule has 2 aliphatic heterocycles. The van der Waals surface area contributed by atoms with Crippen molar-refractivity contribution in [2.75, 3.05) is 26.2 Å². The third-order valence-electron chi connectivity index (χ3n) is 6.33. The first kappa shape index (κ1) is 19.9. The van der Waals surface area contributed by atoms with Crippen LogP contribution in [0, 0.1) is 6.92 Å². The number of hydrogen-bond acceptors (Lipinski definition) is 5. The van der Waals surface area contributed by atoms with Gasteiger partial charge in [-0.1, -0.05) is 29.4 Å². The van der Waals surface area contributed by atoms with Crippen LogP contribution in [0.3, 0.4) is 0 Å². The molecule has 2 aromatic rings. The highest BCUT2D eigenvalue weighted by molar-refractivity contribution is 5.74. The predicted octanol–water partition coefficient (Wildman–Crippen LogP) is 3.10. The number of nitrogens with zero attached hydrogens (tertiary/aromatic N) is 4. The van der Waals surface area contributed by atoms with Crippen LogP contribution in [0.5, 0.6) is 0 Å². The minimum Gasteiger partial charge on any atom is -0.339 e. The highest BCUT2D eigenvalue weighted by Gasteiger charge is 2.32. The van der Waals surface area contributed by atoms with E-state index in [4.69, 9.17) is 4.52 Å². The Morgan fingerprint density at radius 3 is 2.62 bits per heavy atom. The molecule has 1 saturated heterocycles. The standard InChI is InChI=1S/C22H31N5O2/c1-16-24-20(29-25-16)18-8-11-26(12-9-18)21(28)23-15-22(2,3)27-13-10-17-6-4-5-7-19(17)14-27/h4-7,18H,8-15H2,1-3H3,(H,23,28). The van der Waals surface area contributed by atoms with Crippen molar-refractivity contribution in [1.82, 2.24) is 25.3 Å². The minimum absolute atomic E-state index is 0.0237. The smallest absolute Gasteiger partial charge is 0.317 e. The van der Waals surface area contributed by atoms with Crippen LogP contribution in [0.25, 0.3) is 0 Å². The van der Waals surface area contributed by atoms with Gasteiger partial charge < -0.3 is 14.7 Å². The monoisotopic (exact) mass is 397 g/mol. The van der Waals surface area contributed by atoms with E-state index in [1.54, 1.807) is 0 Å². The number of aryl methyl sites for hydroxylation is 1. The third kappa shape index (κ3) is 4.45. The fraction of sp³-hybridized carbons (Fsp3) is 0.591. The van der Waals surface area contributed by atoms with E-state index in [1.165, 1.54) is 11.1 Å². The van der Waals surface area contributed by atoms with Crippen LogP contribution < -0.4 is 5.32 Å². The summed E-state index contributed by atoms with van der Waals surface area (Å²) in [5.41, 5.74) is 2.75. The van der Waals surface area contributed by atoms with Gasteiger partial charge in [-0.15, -0.1) is 0 Å². The molecule has 1 aromatic carbocycles. The molecule has 4 rings (SSSR count). The zero-order chi connectivity index (χ0) is 20.4. The fourth-order valence-electron chi connectivity index (χ4n) is 4.34. The second-order valence-corrected chi connectivity index (χ2v) is 8.85. The number of rotatable bonds is 4. The summed E-state index contributed by atoms with van der Waals surface area (Å²) in [6.07, 6.45) is 2.79. The summed E-state index contributed by atoms with van der Waals surface area (Å²) in [6, 6.07) is 8.68. The first-order valence-corrected chi connectivity index (χ1v) is 10.6. The van der Waals surface area contributed by atoms with Gasteiger partial charge >= 0.3 is 6.03 Å². The van der Waals surface area contributed by atoms with Crippen molar-refractivity contribution in [3.63, 3.8) is 0 Å². The molecule has 1 fully saturated rings. The van der Waals surface area contributed by atoms with Crippen LogP contribution in [0.15, 0.2) is 28.8 Å². The molecule has 1 aromatic heterocycles. The van der Waals surface area contributed by atoms with Crippen molar-refractivity contribution in [3.05, 3.63) is 47.1 Å². The van der Waals surface area contributed by atoms with Gasteiger partial charge in [-0.05, 0) is 51.2 Å². The lowest BCUT2D eigenvalue weighted by Crippen LogP contribution is -2.55. The van der Waals surface area contributed by atoms with Crippen molar-refractivity contribution >= 4 is 6.03 Å². The average molecular weight is 398 g/mol. The van der Waals surface area contributed by atoms with Gasteiger partial charge in [0.05, 0.1) is 0 Å². The third-order valence-corrected chi connectivity index (χ3v) is 6.33. The number of likely N-dealkylation sites (tertiary alicyclic amines) is 1. The molecule has 3 heterocycles. The zero-order valence-electron chi connectivity index (χ0n) is 17.6. The van der Waals surface area contributed by atoms with Gasteiger partial charge in [0, 0.05) is 44.2 Å². The van der Waals surface area contributed by atoms with E-state index in [0.29, 0.717) is 18.3 Å². The van der Waals surface area contributed by atoms with E-state index in [0.717, 1.165) is 45.4 Å². The van der Waals surface area contributed by atoms with Gasteiger partial charge in [-0.3, -0.25) is 4.90 Å². The number of carbonyl (C=O) groups is 1. The van der Waals surface area contributed by atoms with Crippen LogP contribution >= 0.6 is 0 Å². The quantitative estimate of drug-likeness (QED) is 0.858. The van der Waals surface area contributed by atoms with E-state index in [1.807, 2.05) is 11.8 Å². The molecule has 29 heavy (non-hydrogen) atoms. The molecule has 7 heteroatoms. The minimum atomic E-state index is -0.0944. The van der Waals surface area contributed by atoms with Crippen LogP contribution in [0.1, 0.15) is 55.4 Å². The van der Waals surface area contributed by atoms with Crippen LogP contribution in [-0.4, -0.2) is 57.7 Å². The van der Waals surface area contributed by atoms with E-state index < -0.39 is 0 Å². The molecule has 0 unspecified atom stereocenters. The number of nitrogens with one attached hydrogen (secondary N) is 1. The van der Waals surface area contributed by atoms with Crippen molar-refractivity contribution in [2.24, 2.45) is 0 Å². The molecule has 0 bridgehead atoms. The second-order valence-electron chi connectivity index (χ2n) is 8.85. The number of benzene rings is 1. The number of piperidine rings is 1. The fourth-order valence-corrected chi connectivity index (χ4v) is 4.34. The first-order chi connectivity index (χ1) is 13.9. The molecular weight excluding hydrogens is 366 g/mol. The highest BCUT2D eigenvalue weighted by atomic mass is 16.5. The molecule has 2 amide bonds. The predicted molar refractivity (Wildman–Crippen MR) is 111 cm³/mol. The maximum absolute atomic E-state index is 12.7. The number of urea groups is 1. The Morgan fingerprint density at radius 1 is 1.21 bits per heavy atom. The molecule has 7 nitrogen and oxygen atoms in total. The van der Waals surface area contributed by atoms with Gasteiger partial charge in [-0.25, -0.2) is 4.79 Å². The van der Waals surface area contributed by atoms with Crippen molar-refractivity contribution in [3.8, 4) is 0 Å². The Hall–Kier alpha value is -2.41. The molecule has 0 spiro atoms. The van der Waals surface area contributed by atoms with Crippen LogP contribution in [0.2, 0.25) is 0 Å². The second kappa shape index (κ2) is 8.14. The molecule has 156 valence electrons. The summed E-state index contributed by atoms with van der Waals surface area (Å²) in [5, 5.41) is 7.04. The normalized spacial score (nSPS) is 18.5. The number of fused-ring (bicyclic) bond motifs is 1. The first-order valence-electron chi connectivity index (χ1n) is 10.6. The number of carbonyl (C=O) groups excluding carboxylic acids is 1. The summed E-state index contributed by atoms with van der Waals surface area (Å²) in [5.74, 6) is 1.63. The Morgan fingerprint density at radius 2 is 1.93 bits per heavy atom. The topological polar surface area (TPSA) is 74.5 Å². The lowest BCUT2D eigenvalue weighted by molar-refractivity contribution is 0.101. The van der Waals surface area contributed by atoms with Crippen LogP contribution in [-0.2, 0) is 13.0 Å². The summed E-state index contributed by atoms with van der Waals surface area (Å²) in [4.78, 5) is 21.4. The molecule has 0 saturated carbocycles. The van der Waals surface area contributed by atoms with Gasteiger partial charge in [-0.2, -0.15) is 4.98 Å².